The van der Waals surface area contributed by atoms with Crippen molar-refractivity contribution < 1.29 is 0 Å². The van der Waals surface area contributed by atoms with E-state index in [4.69, 9.17) is 10.5 Å². The maximum absolute atomic E-state index is 8.88. The van der Waals surface area contributed by atoms with Crippen LogP contribution in [0.2, 0.25) is 0 Å². The molecule has 1 atom stereocenters. The molecule has 1 heterocycles. The summed E-state index contributed by atoms with van der Waals surface area (Å²) in [6.07, 6.45) is 1.64. The summed E-state index contributed by atoms with van der Waals surface area (Å²) in [6, 6.07) is 7.68. The van der Waals surface area contributed by atoms with Gasteiger partial charge < -0.3 is 4.90 Å². The average Bonchev–Trinajstić information content (AvgIpc) is 2.28. The maximum atomic E-state index is 8.88. The minimum atomic E-state index is -0.0800. The third-order valence-electron chi connectivity index (χ3n) is 2.04. The Morgan fingerprint density at radius 3 is 2.87 bits per heavy atom. The highest BCUT2D eigenvalue weighted by Gasteiger charge is 2.10. The van der Waals surface area contributed by atoms with Gasteiger partial charge in [-0.25, -0.2) is 4.98 Å². The normalized spacial score (nSPS) is 11.2. The molecule has 1 aromatic heterocycles. The van der Waals surface area contributed by atoms with E-state index in [0.29, 0.717) is 17.9 Å². The summed E-state index contributed by atoms with van der Waals surface area (Å²) in [4.78, 5) is 5.96. The summed E-state index contributed by atoms with van der Waals surface area (Å²) in [7, 11) is 1.83. The average molecular weight is 200 g/mol. The van der Waals surface area contributed by atoms with E-state index in [0.717, 1.165) is 0 Å². The van der Waals surface area contributed by atoms with Crippen molar-refractivity contribution in [2.75, 3.05) is 18.5 Å². The van der Waals surface area contributed by atoms with Gasteiger partial charge in [0.15, 0.2) is 0 Å². The summed E-state index contributed by atoms with van der Waals surface area (Å²) in [5, 5.41) is 17.6. The highest BCUT2D eigenvalue weighted by atomic mass is 15.2. The zero-order valence-electron chi connectivity index (χ0n) is 8.81. The molecule has 4 heteroatoms. The van der Waals surface area contributed by atoms with Gasteiger partial charge in [0.25, 0.3) is 0 Å². The van der Waals surface area contributed by atoms with E-state index in [1.54, 1.807) is 18.3 Å². The largest absolute Gasteiger partial charge is 0.357 e. The van der Waals surface area contributed by atoms with Crippen molar-refractivity contribution in [1.29, 1.82) is 10.5 Å². The standard InChI is InChI=1S/C11H12N4/c1-9(6-12)8-15(2)11-10(7-13)4-3-5-14-11/h3-5,9H,8H2,1-2H3. The Labute approximate surface area is 89.4 Å². The van der Waals surface area contributed by atoms with Crippen molar-refractivity contribution in [2.45, 2.75) is 6.92 Å². The minimum absolute atomic E-state index is 0.0800. The van der Waals surface area contributed by atoms with Gasteiger partial charge in [0.2, 0.25) is 0 Å². The fourth-order valence-corrected chi connectivity index (χ4v) is 1.33. The van der Waals surface area contributed by atoms with Crippen molar-refractivity contribution in [2.24, 2.45) is 5.92 Å². The third kappa shape index (κ3) is 2.69. The quantitative estimate of drug-likeness (QED) is 0.742. The van der Waals surface area contributed by atoms with Gasteiger partial charge in [0, 0.05) is 19.8 Å². The van der Waals surface area contributed by atoms with E-state index in [9.17, 15) is 0 Å². The number of hydrogen-bond acceptors (Lipinski definition) is 4. The second-order valence-electron chi connectivity index (χ2n) is 3.40. The molecule has 0 spiro atoms. The number of aromatic nitrogens is 1. The first-order valence-electron chi connectivity index (χ1n) is 4.65. The molecular weight excluding hydrogens is 188 g/mol. The Morgan fingerprint density at radius 2 is 2.27 bits per heavy atom. The van der Waals surface area contributed by atoms with E-state index in [1.165, 1.54) is 0 Å². The van der Waals surface area contributed by atoms with E-state index in [-0.39, 0.29) is 5.92 Å². The third-order valence-corrected chi connectivity index (χ3v) is 2.04. The molecule has 0 saturated carbocycles. The van der Waals surface area contributed by atoms with Gasteiger partial charge in [-0.2, -0.15) is 10.5 Å². The molecule has 76 valence electrons. The van der Waals surface area contributed by atoms with Crippen LogP contribution in [0.4, 0.5) is 5.82 Å². The van der Waals surface area contributed by atoms with Crippen LogP contribution in [0.25, 0.3) is 0 Å². The van der Waals surface area contributed by atoms with Gasteiger partial charge in [-0.3, -0.25) is 0 Å². The molecule has 0 radical (unpaired) electrons. The van der Waals surface area contributed by atoms with Crippen LogP contribution in [-0.4, -0.2) is 18.6 Å². The first kappa shape index (κ1) is 11.0. The fraction of sp³-hybridized carbons (Fsp3) is 0.364. The first-order chi connectivity index (χ1) is 7.19. The second-order valence-corrected chi connectivity index (χ2v) is 3.40. The van der Waals surface area contributed by atoms with Crippen molar-refractivity contribution in [3.63, 3.8) is 0 Å². The Hall–Kier alpha value is -2.07. The predicted octanol–water partition coefficient (Wildman–Crippen LogP) is 1.55. The van der Waals surface area contributed by atoms with Crippen LogP contribution in [-0.2, 0) is 0 Å². The summed E-state index contributed by atoms with van der Waals surface area (Å²) in [5.41, 5.74) is 0.533. The lowest BCUT2D eigenvalue weighted by atomic mass is 10.2. The summed E-state index contributed by atoms with van der Waals surface area (Å²) in [5.74, 6) is 0.547. The van der Waals surface area contributed by atoms with Crippen LogP contribution in [0.15, 0.2) is 18.3 Å². The van der Waals surface area contributed by atoms with Gasteiger partial charge >= 0.3 is 0 Å². The number of hydrogen-bond donors (Lipinski definition) is 0. The smallest absolute Gasteiger partial charge is 0.146 e. The van der Waals surface area contributed by atoms with Gasteiger partial charge in [0.1, 0.15) is 11.9 Å². The van der Waals surface area contributed by atoms with Crippen molar-refractivity contribution in [3.8, 4) is 12.1 Å². The van der Waals surface area contributed by atoms with E-state index < -0.39 is 0 Å². The first-order valence-corrected chi connectivity index (χ1v) is 4.65. The topological polar surface area (TPSA) is 63.7 Å². The lowest BCUT2D eigenvalue weighted by Gasteiger charge is -2.19. The molecule has 0 fully saturated rings. The number of anilines is 1. The molecule has 0 bridgehead atoms. The highest BCUT2D eigenvalue weighted by molar-refractivity contribution is 5.52. The molecule has 1 unspecified atom stereocenters. The SMILES string of the molecule is CC(C#N)CN(C)c1ncccc1C#N. The zero-order chi connectivity index (χ0) is 11.3. The fourth-order valence-electron chi connectivity index (χ4n) is 1.33. The lowest BCUT2D eigenvalue weighted by Crippen LogP contribution is -2.24. The molecule has 0 N–H and O–H groups in total. The number of nitriles is 2. The molecule has 0 aliphatic carbocycles. The van der Waals surface area contributed by atoms with Crippen LogP contribution in [0, 0.1) is 28.6 Å². The van der Waals surface area contributed by atoms with Crippen molar-refractivity contribution in [1.82, 2.24) is 4.98 Å². The number of rotatable bonds is 3. The monoisotopic (exact) mass is 200 g/mol. The van der Waals surface area contributed by atoms with Gasteiger partial charge in [0.05, 0.1) is 17.6 Å². The van der Waals surface area contributed by atoms with Gasteiger partial charge in [-0.05, 0) is 19.1 Å². The molecule has 1 aromatic rings. The van der Waals surface area contributed by atoms with E-state index in [1.807, 2.05) is 18.9 Å². The molecule has 0 aliphatic rings. The molecule has 0 aliphatic heterocycles. The van der Waals surface area contributed by atoms with Crippen LogP contribution >= 0.6 is 0 Å². The van der Waals surface area contributed by atoms with Crippen LogP contribution in [0.1, 0.15) is 12.5 Å². The van der Waals surface area contributed by atoms with Gasteiger partial charge in [-0.15, -0.1) is 0 Å². The number of pyridine rings is 1. The second kappa shape index (κ2) is 4.97. The molecule has 15 heavy (non-hydrogen) atoms. The number of nitrogens with zero attached hydrogens (tertiary/aromatic N) is 4. The zero-order valence-corrected chi connectivity index (χ0v) is 8.81. The van der Waals surface area contributed by atoms with Crippen LogP contribution < -0.4 is 4.90 Å². The Kier molecular flexibility index (Phi) is 3.65. The summed E-state index contributed by atoms with van der Waals surface area (Å²) >= 11 is 0. The minimum Gasteiger partial charge on any atom is -0.357 e. The molecule has 0 saturated heterocycles. The van der Waals surface area contributed by atoms with Crippen molar-refractivity contribution in [3.05, 3.63) is 23.9 Å². The molecule has 4 nitrogen and oxygen atoms in total. The van der Waals surface area contributed by atoms with Crippen LogP contribution in [0.3, 0.4) is 0 Å². The Balaban J connectivity index is 2.88. The Morgan fingerprint density at radius 1 is 1.53 bits per heavy atom. The Bertz CT molecular complexity index is 413. The van der Waals surface area contributed by atoms with E-state index >= 15 is 0 Å². The molecule has 1 rings (SSSR count). The van der Waals surface area contributed by atoms with Gasteiger partial charge in [-0.1, -0.05) is 0 Å². The molecule has 0 aromatic carbocycles. The van der Waals surface area contributed by atoms with Crippen LogP contribution in [0.5, 0.6) is 0 Å². The lowest BCUT2D eigenvalue weighted by molar-refractivity contribution is 0.709. The maximum Gasteiger partial charge on any atom is 0.146 e. The predicted molar refractivity (Wildman–Crippen MR) is 57.0 cm³/mol. The highest BCUT2D eigenvalue weighted by Crippen LogP contribution is 2.15. The summed E-state index contributed by atoms with van der Waals surface area (Å²) in [6.45, 7) is 2.41. The van der Waals surface area contributed by atoms with Crippen molar-refractivity contribution >= 4 is 5.82 Å². The molecule has 0 amide bonds. The molecular formula is C11H12N4. The van der Waals surface area contributed by atoms with E-state index in [2.05, 4.69) is 17.1 Å². The summed E-state index contributed by atoms with van der Waals surface area (Å²) < 4.78 is 0.